The van der Waals surface area contributed by atoms with E-state index < -0.39 is 5.41 Å². The van der Waals surface area contributed by atoms with Crippen LogP contribution in [0.5, 0.6) is 0 Å². The minimum absolute atomic E-state index is 0.250. The van der Waals surface area contributed by atoms with Gasteiger partial charge in [0.05, 0.1) is 5.41 Å². The minimum atomic E-state index is -0.475. The first-order valence-electron chi connectivity index (χ1n) is 6.29. The van der Waals surface area contributed by atoms with E-state index in [4.69, 9.17) is 23.7 Å². The fraction of sp³-hybridized carbons (Fsp3) is 0.429. The summed E-state index contributed by atoms with van der Waals surface area (Å²) in [5, 5.41) is 0. The molecule has 1 aromatic rings. The SMILES string of the molecule is Cc1ccc(C(N)=S)c(N2CCC(C)(C(N)=O)C2)c1. The molecule has 4 nitrogen and oxygen atoms in total. The van der Waals surface area contributed by atoms with Crippen molar-refractivity contribution in [1.29, 1.82) is 0 Å². The molecule has 1 atom stereocenters. The normalized spacial score (nSPS) is 22.5. The van der Waals surface area contributed by atoms with Crippen molar-refractivity contribution >= 4 is 28.8 Å². The maximum Gasteiger partial charge on any atom is 0.225 e. The van der Waals surface area contributed by atoms with E-state index >= 15 is 0 Å². The van der Waals surface area contributed by atoms with Gasteiger partial charge in [-0.25, -0.2) is 0 Å². The van der Waals surface area contributed by atoms with Gasteiger partial charge in [0.1, 0.15) is 4.99 Å². The van der Waals surface area contributed by atoms with E-state index in [1.165, 1.54) is 0 Å². The predicted molar refractivity (Wildman–Crippen MR) is 81.2 cm³/mol. The molecule has 2 rings (SSSR count). The first-order valence-corrected chi connectivity index (χ1v) is 6.70. The highest BCUT2D eigenvalue weighted by atomic mass is 32.1. The third-order valence-electron chi connectivity index (χ3n) is 3.83. The van der Waals surface area contributed by atoms with Crippen LogP contribution in [-0.2, 0) is 4.79 Å². The summed E-state index contributed by atoms with van der Waals surface area (Å²) in [4.78, 5) is 14.1. The van der Waals surface area contributed by atoms with E-state index in [1.807, 2.05) is 26.0 Å². The largest absolute Gasteiger partial charge is 0.389 e. The predicted octanol–water partition coefficient (Wildman–Crippen LogP) is 1.33. The lowest BCUT2D eigenvalue weighted by atomic mass is 9.89. The number of anilines is 1. The fourth-order valence-electron chi connectivity index (χ4n) is 2.48. The molecule has 1 amide bonds. The van der Waals surface area contributed by atoms with Gasteiger partial charge in [-0.15, -0.1) is 0 Å². The number of nitrogens with zero attached hydrogens (tertiary/aromatic N) is 1. The summed E-state index contributed by atoms with van der Waals surface area (Å²) >= 11 is 5.10. The van der Waals surface area contributed by atoms with Gasteiger partial charge < -0.3 is 16.4 Å². The van der Waals surface area contributed by atoms with Crippen molar-refractivity contribution in [2.45, 2.75) is 20.3 Å². The Morgan fingerprint density at radius 3 is 2.63 bits per heavy atom. The summed E-state index contributed by atoms with van der Waals surface area (Å²) in [5.41, 5.74) is 13.8. The van der Waals surface area contributed by atoms with E-state index in [1.54, 1.807) is 0 Å². The van der Waals surface area contributed by atoms with Gasteiger partial charge in [0.15, 0.2) is 0 Å². The van der Waals surface area contributed by atoms with E-state index in [0.29, 0.717) is 11.5 Å². The molecule has 1 aliphatic heterocycles. The van der Waals surface area contributed by atoms with Crippen molar-refractivity contribution in [1.82, 2.24) is 0 Å². The molecule has 1 aromatic carbocycles. The maximum atomic E-state index is 11.5. The molecule has 1 aliphatic rings. The van der Waals surface area contributed by atoms with Crippen LogP contribution < -0.4 is 16.4 Å². The number of benzene rings is 1. The topological polar surface area (TPSA) is 72.3 Å². The van der Waals surface area contributed by atoms with Crippen LogP contribution in [0.3, 0.4) is 0 Å². The number of primary amides is 1. The third-order valence-corrected chi connectivity index (χ3v) is 4.05. The summed E-state index contributed by atoms with van der Waals surface area (Å²) in [6.07, 6.45) is 0.757. The number of amides is 1. The molecular formula is C14H19N3OS. The van der Waals surface area contributed by atoms with Crippen molar-refractivity contribution in [3.05, 3.63) is 29.3 Å². The Kier molecular flexibility index (Phi) is 3.49. The molecule has 1 unspecified atom stereocenters. The van der Waals surface area contributed by atoms with E-state index in [9.17, 15) is 4.79 Å². The summed E-state index contributed by atoms with van der Waals surface area (Å²) < 4.78 is 0. The molecule has 0 aromatic heterocycles. The Morgan fingerprint density at radius 1 is 1.42 bits per heavy atom. The number of hydrogen-bond acceptors (Lipinski definition) is 3. The van der Waals surface area contributed by atoms with Gasteiger partial charge in [0, 0.05) is 24.3 Å². The van der Waals surface area contributed by atoms with Gasteiger partial charge in [-0.1, -0.05) is 18.3 Å². The second-order valence-electron chi connectivity index (χ2n) is 5.48. The van der Waals surface area contributed by atoms with Crippen molar-refractivity contribution in [2.75, 3.05) is 18.0 Å². The number of rotatable bonds is 3. The van der Waals surface area contributed by atoms with Gasteiger partial charge in [-0.3, -0.25) is 4.79 Å². The number of nitrogens with two attached hydrogens (primary N) is 2. The number of carbonyl (C=O) groups excluding carboxylic acids is 1. The number of aryl methyl sites for hydroxylation is 1. The zero-order chi connectivity index (χ0) is 14.2. The zero-order valence-electron chi connectivity index (χ0n) is 11.3. The second-order valence-corrected chi connectivity index (χ2v) is 5.92. The van der Waals surface area contributed by atoms with Crippen LogP contribution >= 0.6 is 12.2 Å². The van der Waals surface area contributed by atoms with Crippen LogP contribution in [0.25, 0.3) is 0 Å². The third kappa shape index (κ3) is 2.56. The first-order chi connectivity index (χ1) is 8.83. The van der Waals surface area contributed by atoms with Crippen molar-refractivity contribution in [3.63, 3.8) is 0 Å². The molecule has 102 valence electrons. The van der Waals surface area contributed by atoms with Gasteiger partial charge in [0.25, 0.3) is 0 Å². The molecule has 1 heterocycles. The quantitative estimate of drug-likeness (QED) is 0.818. The maximum absolute atomic E-state index is 11.5. The highest BCUT2D eigenvalue weighted by Gasteiger charge is 2.39. The minimum Gasteiger partial charge on any atom is -0.389 e. The fourth-order valence-corrected chi connectivity index (χ4v) is 2.65. The smallest absolute Gasteiger partial charge is 0.225 e. The number of carbonyl (C=O) groups is 1. The molecule has 0 aliphatic carbocycles. The Labute approximate surface area is 118 Å². The average Bonchev–Trinajstić information content (AvgIpc) is 2.73. The van der Waals surface area contributed by atoms with Gasteiger partial charge in [-0.05, 0) is 38.0 Å². The van der Waals surface area contributed by atoms with Gasteiger partial charge in [-0.2, -0.15) is 0 Å². The van der Waals surface area contributed by atoms with Crippen LogP contribution in [-0.4, -0.2) is 24.0 Å². The molecular weight excluding hydrogens is 258 g/mol. The highest BCUT2D eigenvalue weighted by Crippen LogP contribution is 2.34. The van der Waals surface area contributed by atoms with Gasteiger partial charge >= 0.3 is 0 Å². The van der Waals surface area contributed by atoms with Crippen molar-refractivity contribution < 1.29 is 4.79 Å². The van der Waals surface area contributed by atoms with Crippen LogP contribution in [0, 0.1) is 12.3 Å². The average molecular weight is 277 g/mol. The first kappa shape index (κ1) is 13.8. The van der Waals surface area contributed by atoms with E-state index in [0.717, 1.165) is 29.8 Å². The van der Waals surface area contributed by atoms with Crippen molar-refractivity contribution in [2.24, 2.45) is 16.9 Å². The van der Waals surface area contributed by atoms with Gasteiger partial charge in [0.2, 0.25) is 5.91 Å². The molecule has 1 saturated heterocycles. The Bertz CT molecular complexity index is 543. The Morgan fingerprint density at radius 2 is 2.11 bits per heavy atom. The lowest BCUT2D eigenvalue weighted by Gasteiger charge is -2.24. The lowest BCUT2D eigenvalue weighted by Crippen LogP contribution is -2.37. The Balaban J connectivity index is 2.36. The summed E-state index contributed by atoms with van der Waals surface area (Å²) in [6, 6.07) is 5.98. The number of thiocarbonyl (C=S) groups is 1. The molecule has 19 heavy (non-hydrogen) atoms. The summed E-state index contributed by atoms with van der Waals surface area (Å²) in [5.74, 6) is -0.250. The molecule has 0 bridgehead atoms. The molecule has 0 saturated carbocycles. The van der Waals surface area contributed by atoms with Crippen LogP contribution in [0.4, 0.5) is 5.69 Å². The van der Waals surface area contributed by atoms with E-state index in [2.05, 4.69) is 11.0 Å². The molecule has 5 heteroatoms. The van der Waals surface area contributed by atoms with E-state index in [-0.39, 0.29) is 5.91 Å². The second kappa shape index (κ2) is 4.81. The zero-order valence-corrected chi connectivity index (χ0v) is 12.1. The van der Waals surface area contributed by atoms with Crippen LogP contribution in [0.2, 0.25) is 0 Å². The lowest BCUT2D eigenvalue weighted by molar-refractivity contribution is -0.125. The molecule has 4 N–H and O–H groups in total. The standard InChI is InChI=1S/C14H19N3OS/c1-9-3-4-10(12(15)19)11(7-9)17-6-5-14(2,8-17)13(16)18/h3-4,7H,5-6,8H2,1-2H3,(H2,15,19)(H2,16,18). The van der Waals surface area contributed by atoms with Crippen molar-refractivity contribution in [3.8, 4) is 0 Å². The monoisotopic (exact) mass is 277 g/mol. The van der Waals surface area contributed by atoms with Crippen LogP contribution in [0.15, 0.2) is 18.2 Å². The molecule has 0 spiro atoms. The summed E-state index contributed by atoms with van der Waals surface area (Å²) in [6.45, 7) is 5.33. The number of hydrogen-bond donors (Lipinski definition) is 2. The highest BCUT2D eigenvalue weighted by molar-refractivity contribution is 7.80. The van der Waals surface area contributed by atoms with Crippen LogP contribution in [0.1, 0.15) is 24.5 Å². The Hall–Kier alpha value is -1.62. The molecule has 1 fully saturated rings. The summed E-state index contributed by atoms with van der Waals surface area (Å²) in [7, 11) is 0. The molecule has 0 radical (unpaired) electrons.